The summed E-state index contributed by atoms with van der Waals surface area (Å²) in [5.41, 5.74) is 9.17. The number of rotatable bonds is 3. The lowest BCUT2D eigenvalue weighted by Gasteiger charge is -2.39. The van der Waals surface area contributed by atoms with Gasteiger partial charge < -0.3 is 20.9 Å². The fourth-order valence-corrected chi connectivity index (χ4v) is 4.22. The summed E-state index contributed by atoms with van der Waals surface area (Å²) in [4.78, 5) is 25.6. The molecule has 2 aromatic rings. The molecule has 1 saturated heterocycles. The average Bonchev–Trinajstić information content (AvgIpc) is 2.86. The fourth-order valence-electron chi connectivity index (χ4n) is 4.22. The molecule has 0 unspecified atom stereocenters. The zero-order valence-electron chi connectivity index (χ0n) is 15.7. The highest BCUT2D eigenvalue weighted by Gasteiger charge is 2.32. The molecule has 0 spiro atoms. The van der Waals surface area contributed by atoms with Gasteiger partial charge in [0, 0.05) is 38.3 Å². The number of fused-ring (bicyclic) bond motifs is 1. The standard InChI is InChI=1S/C20H26N6O/c1-22-19-18(21)20(24-13-23-19)25-11-9-15(10-12-25)26-16-7-3-2-5-14(16)6-4-8-17(26)27/h2-3,5,7,13,15H,4,6,8-12,21H2,1H3,(H,22,23,24). The number of amides is 1. The second-order valence-corrected chi connectivity index (χ2v) is 7.17. The number of nitrogens with two attached hydrogens (primary N) is 1. The molecule has 27 heavy (non-hydrogen) atoms. The second kappa shape index (κ2) is 7.42. The van der Waals surface area contributed by atoms with E-state index in [9.17, 15) is 4.79 Å². The number of carbonyl (C=O) groups is 1. The Hall–Kier alpha value is -2.83. The third-order valence-corrected chi connectivity index (χ3v) is 5.59. The number of anilines is 4. The Morgan fingerprint density at radius 2 is 1.93 bits per heavy atom. The molecule has 0 aliphatic carbocycles. The predicted molar refractivity (Wildman–Crippen MR) is 108 cm³/mol. The Kier molecular flexibility index (Phi) is 4.83. The van der Waals surface area contributed by atoms with Crippen molar-refractivity contribution in [3.05, 3.63) is 36.2 Å². The first-order valence-electron chi connectivity index (χ1n) is 9.62. The topological polar surface area (TPSA) is 87.4 Å². The number of carbonyl (C=O) groups excluding carboxylic acids is 1. The SMILES string of the molecule is CNc1ncnc(N2CCC(N3C(=O)CCCc4ccccc43)CC2)c1N. The van der Waals surface area contributed by atoms with Crippen LogP contribution in [-0.4, -0.2) is 42.1 Å². The minimum Gasteiger partial charge on any atom is -0.393 e. The number of aromatic nitrogens is 2. The molecule has 142 valence electrons. The summed E-state index contributed by atoms with van der Waals surface area (Å²) in [7, 11) is 1.80. The molecule has 2 aliphatic rings. The van der Waals surface area contributed by atoms with Gasteiger partial charge in [-0.25, -0.2) is 9.97 Å². The van der Waals surface area contributed by atoms with Crippen LogP contribution in [0.1, 0.15) is 31.2 Å². The van der Waals surface area contributed by atoms with E-state index in [-0.39, 0.29) is 11.9 Å². The van der Waals surface area contributed by atoms with Gasteiger partial charge in [-0.15, -0.1) is 0 Å². The predicted octanol–water partition coefficient (Wildman–Crippen LogP) is 2.44. The van der Waals surface area contributed by atoms with E-state index in [0.29, 0.717) is 17.9 Å². The van der Waals surface area contributed by atoms with Crippen LogP contribution in [0.5, 0.6) is 0 Å². The molecular weight excluding hydrogens is 340 g/mol. The van der Waals surface area contributed by atoms with Gasteiger partial charge in [0.2, 0.25) is 5.91 Å². The van der Waals surface area contributed by atoms with Crippen LogP contribution in [0.2, 0.25) is 0 Å². The number of nitrogens with one attached hydrogen (secondary N) is 1. The highest BCUT2D eigenvalue weighted by Crippen LogP contribution is 2.33. The first-order chi connectivity index (χ1) is 13.2. The van der Waals surface area contributed by atoms with E-state index in [1.807, 2.05) is 6.07 Å². The molecule has 4 rings (SSSR count). The quantitative estimate of drug-likeness (QED) is 0.868. The molecule has 0 bridgehead atoms. The van der Waals surface area contributed by atoms with Crippen molar-refractivity contribution in [2.75, 3.05) is 41.0 Å². The number of benzene rings is 1. The minimum atomic E-state index is 0.222. The molecular formula is C20H26N6O. The largest absolute Gasteiger partial charge is 0.393 e. The average molecular weight is 366 g/mol. The molecule has 1 aromatic heterocycles. The van der Waals surface area contributed by atoms with Crippen molar-refractivity contribution in [2.24, 2.45) is 0 Å². The maximum absolute atomic E-state index is 12.8. The smallest absolute Gasteiger partial charge is 0.227 e. The van der Waals surface area contributed by atoms with Crippen molar-refractivity contribution in [3.8, 4) is 0 Å². The normalized spacial score (nSPS) is 18.2. The number of aryl methyl sites for hydroxylation is 1. The molecule has 0 atom stereocenters. The van der Waals surface area contributed by atoms with Crippen LogP contribution in [-0.2, 0) is 11.2 Å². The minimum absolute atomic E-state index is 0.222. The summed E-state index contributed by atoms with van der Waals surface area (Å²) >= 11 is 0. The summed E-state index contributed by atoms with van der Waals surface area (Å²) in [5, 5.41) is 3.00. The van der Waals surface area contributed by atoms with Gasteiger partial charge in [-0.2, -0.15) is 0 Å². The maximum Gasteiger partial charge on any atom is 0.227 e. The Morgan fingerprint density at radius 3 is 2.70 bits per heavy atom. The Labute approximate surface area is 159 Å². The number of nitrogens with zero attached hydrogens (tertiary/aromatic N) is 4. The van der Waals surface area contributed by atoms with Crippen molar-refractivity contribution < 1.29 is 4.79 Å². The van der Waals surface area contributed by atoms with Crippen molar-refractivity contribution in [3.63, 3.8) is 0 Å². The van der Waals surface area contributed by atoms with Gasteiger partial charge in [-0.05, 0) is 37.3 Å². The zero-order chi connectivity index (χ0) is 18.8. The molecule has 3 heterocycles. The highest BCUT2D eigenvalue weighted by molar-refractivity contribution is 5.95. The molecule has 1 fully saturated rings. The van der Waals surface area contributed by atoms with Crippen molar-refractivity contribution in [1.82, 2.24) is 9.97 Å². The van der Waals surface area contributed by atoms with Crippen LogP contribution in [0.4, 0.5) is 23.0 Å². The molecule has 3 N–H and O–H groups in total. The van der Waals surface area contributed by atoms with Gasteiger partial charge in [-0.1, -0.05) is 18.2 Å². The van der Waals surface area contributed by atoms with Gasteiger partial charge in [0.15, 0.2) is 11.6 Å². The Morgan fingerprint density at radius 1 is 1.15 bits per heavy atom. The summed E-state index contributed by atoms with van der Waals surface area (Å²) in [6.45, 7) is 1.64. The molecule has 7 nitrogen and oxygen atoms in total. The van der Waals surface area contributed by atoms with E-state index in [1.165, 1.54) is 11.9 Å². The Balaban J connectivity index is 1.53. The molecule has 1 amide bonds. The Bertz CT molecular complexity index is 831. The van der Waals surface area contributed by atoms with Gasteiger partial charge in [0.1, 0.15) is 12.0 Å². The van der Waals surface area contributed by atoms with Gasteiger partial charge in [-0.3, -0.25) is 4.79 Å². The highest BCUT2D eigenvalue weighted by atomic mass is 16.2. The van der Waals surface area contributed by atoms with Crippen LogP contribution in [0, 0.1) is 0 Å². The van der Waals surface area contributed by atoms with Crippen LogP contribution in [0.25, 0.3) is 0 Å². The van der Waals surface area contributed by atoms with Crippen LogP contribution in [0.3, 0.4) is 0 Å². The lowest BCUT2D eigenvalue weighted by atomic mass is 10.0. The van der Waals surface area contributed by atoms with Crippen molar-refractivity contribution >= 4 is 28.9 Å². The van der Waals surface area contributed by atoms with Crippen LogP contribution in [0.15, 0.2) is 30.6 Å². The molecule has 2 aliphatic heterocycles. The third kappa shape index (κ3) is 3.29. The molecule has 0 saturated carbocycles. The monoisotopic (exact) mass is 366 g/mol. The summed E-state index contributed by atoms with van der Waals surface area (Å²) < 4.78 is 0. The number of piperidine rings is 1. The van der Waals surface area contributed by atoms with Crippen LogP contribution >= 0.6 is 0 Å². The lowest BCUT2D eigenvalue weighted by Crippen LogP contribution is -2.48. The summed E-state index contributed by atoms with van der Waals surface area (Å²) in [6, 6.07) is 8.55. The molecule has 1 aromatic carbocycles. The van der Waals surface area contributed by atoms with E-state index in [2.05, 4.69) is 43.3 Å². The van der Waals surface area contributed by atoms with Gasteiger partial charge >= 0.3 is 0 Å². The van der Waals surface area contributed by atoms with Crippen molar-refractivity contribution in [2.45, 2.75) is 38.1 Å². The third-order valence-electron chi connectivity index (χ3n) is 5.59. The first-order valence-corrected chi connectivity index (χ1v) is 9.62. The van der Waals surface area contributed by atoms with Crippen molar-refractivity contribution in [1.29, 1.82) is 0 Å². The number of nitrogen functional groups attached to an aromatic ring is 1. The number of para-hydroxylation sites is 1. The van der Waals surface area contributed by atoms with E-state index in [4.69, 9.17) is 5.73 Å². The van der Waals surface area contributed by atoms with E-state index in [0.717, 1.165) is 50.3 Å². The lowest BCUT2D eigenvalue weighted by molar-refractivity contribution is -0.119. The summed E-state index contributed by atoms with van der Waals surface area (Å²) in [6.07, 6.45) is 5.87. The van der Waals surface area contributed by atoms with E-state index >= 15 is 0 Å². The first kappa shape index (κ1) is 17.6. The van der Waals surface area contributed by atoms with Gasteiger partial charge in [0.05, 0.1) is 0 Å². The molecule has 0 radical (unpaired) electrons. The zero-order valence-corrected chi connectivity index (χ0v) is 15.7. The van der Waals surface area contributed by atoms with E-state index < -0.39 is 0 Å². The maximum atomic E-state index is 12.8. The fraction of sp³-hybridized carbons (Fsp3) is 0.450. The number of hydrogen-bond donors (Lipinski definition) is 2. The second-order valence-electron chi connectivity index (χ2n) is 7.17. The van der Waals surface area contributed by atoms with Gasteiger partial charge in [0.25, 0.3) is 0 Å². The number of hydrogen-bond acceptors (Lipinski definition) is 6. The van der Waals surface area contributed by atoms with Crippen LogP contribution < -0.4 is 20.9 Å². The molecule has 7 heteroatoms. The summed E-state index contributed by atoms with van der Waals surface area (Å²) in [5.74, 6) is 1.67. The van der Waals surface area contributed by atoms with E-state index in [1.54, 1.807) is 7.05 Å².